The summed E-state index contributed by atoms with van der Waals surface area (Å²) in [5.74, 6) is -0.0638. The first-order chi connectivity index (χ1) is 7.58. The van der Waals surface area contributed by atoms with Crippen LogP contribution < -0.4 is 10.2 Å². The summed E-state index contributed by atoms with van der Waals surface area (Å²) in [6.07, 6.45) is 0.884. The largest absolute Gasteiger partial charge is 0.326 e. The summed E-state index contributed by atoms with van der Waals surface area (Å²) in [4.78, 5) is 24.1. The summed E-state index contributed by atoms with van der Waals surface area (Å²) in [5, 5.41) is 2.72. The quantitative estimate of drug-likeness (QED) is 0.777. The van der Waals surface area contributed by atoms with E-state index in [1.54, 1.807) is 11.8 Å². The van der Waals surface area contributed by atoms with Gasteiger partial charge in [-0.15, -0.1) is 0 Å². The van der Waals surface area contributed by atoms with Crippen molar-refractivity contribution in [3.05, 3.63) is 23.8 Å². The van der Waals surface area contributed by atoms with Gasteiger partial charge in [0, 0.05) is 31.8 Å². The number of anilines is 2. The van der Waals surface area contributed by atoms with Gasteiger partial charge in [0.15, 0.2) is 0 Å². The number of hydrogen-bond acceptors (Lipinski definition) is 2. The number of carbonyl (C=O) groups excluding carboxylic acids is 2. The van der Waals surface area contributed by atoms with Crippen LogP contribution in [0, 0.1) is 0 Å². The van der Waals surface area contributed by atoms with Crippen LogP contribution in [0.4, 0.5) is 11.4 Å². The highest BCUT2D eigenvalue weighted by Crippen LogP contribution is 2.30. The van der Waals surface area contributed by atoms with E-state index in [2.05, 4.69) is 5.32 Å². The molecule has 1 heterocycles. The normalized spacial score (nSPS) is 13.5. The highest BCUT2D eigenvalue weighted by molar-refractivity contribution is 5.96. The maximum absolute atomic E-state index is 11.4. The number of hydrogen-bond donors (Lipinski definition) is 1. The van der Waals surface area contributed by atoms with Crippen molar-refractivity contribution in [2.24, 2.45) is 0 Å². The molecule has 0 aliphatic carbocycles. The van der Waals surface area contributed by atoms with Crippen LogP contribution in [0.5, 0.6) is 0 Å². The van der Waals surface area contributed by atoms with E-state index in [1.165, 1.54) is 6.92 Å². The Labute approximate surface area is 94.2 Å². The van der Waals surface area contributed by atoms with Crippen LogP contribution in [0.15, 0.2) is 18.2 Å². The van der Waals surface area contributed by atoms with Crippen LogP contribution >= 0.6 is 0 Å². The van der Waals surface area contributed by atoms with Crippen LogP contribution in [0.3, 0.4) is 0 Å². The molecule has 1 aromatic rings. The Kier molecular flexibility index (Phi) is 2.64. The molecule has 0 atom stereocenters. The second kappa shape index (κ2) is 3.96. The molecule has 0 unspecified atom stereocenters. The summed E-state index contributed by atoms with van der Waals surface area (Å²) in [7, 11) is 0. The van der Waals surface area contributed by atoms with Gasteiger partial charge in [0.05, 0.1) is 0 Å². The third-order valence-corrected chi connectivity index (χ3v) is 2.68. The average Bonchev–Trinajstić information content (AvgIpc) is 2.59. The number of carbonyl (C=O) groups is 2. The molecule has 0 saturated heterocycles. The highest BCUT2D eigenvalue weighted by atomic mass is 16.2. The third kappa shape index (κ3) is 1.91. The molecule has 16 heavy (non-hydrogen) atoms. The number of amides is 2. The molecule has 1 aliphatic heterocycles. The van der Waals surface area contributed by atoms with Gasteiger partial charge in [-0.05, 0) is 24.1 Å². The summed E-state index contributed by atoms with van der Waals surface area (Å²) >= 11 is 0. The topological polar surface area (TPSA) is 49.4 Å². The molecule has 1 N–H and O–H groups in total. The Morgan fingerprint density at radius 2 is 2.06 bits per heavy atom. The van der Waals surface area contributed by atoms with Gasteiger partial charge in [0.25, 0.3) is 0 Å². The first kappa shape index (κ1) is 10.7. The van der Waals surface area contributed by atoms with E-state index < -0.39 is 0 Å². The lowest BCUT2D eigenvalue weighted by atomic mass is 10.1. The van der Waals surface area contributed by atoms with Crippen LogP contribution in [0.25, 0.3) is 0 Å². The van der Waals surface area contributed by atoms with Crippen LogP contribution in [-0.4, -0.2) is 18.4 Å². The molecule has 84 valence electrons. The van der Waals surface area contributed by atoms with Crippen molar-refractivity contribution in [3.8, 4) is 0 Å². The van der Waals surface area contributed by atoms with E-state index in [-0.39, 0.29) is 11.8 Å². The van der Waals surface area contributed by atoms with E-state index in [4.69, 9.17) is 0 Å². The summed E-state index contributed by atoms with van der Waals surface area (Å²) in [6, 6.07) is 5.68. The van der Waals surface area contributed by atoms with Gasteiger partial charge in [-0.2, -0.15) is 0 Å². The van der Waals surface area contributed by atoms with Crippen LogP contribution in [-0.2, 0) is 16.0 Å². The minimum Gasteiger partial charge on any atom is -0.326 e. The maximum Gasteiger partial charge on any atom is 0.223 e. The van der Waals surface area contributed by atoms with Gasteiger partial charge in [-0.25, -0.2) is 0 Å². The van der Waals surface area contributed by atoms with E-state index >= 15 is 0 Å². The second-order valence-electron chi connectivity index (χ2n) is 3.95. The van der Waals surface area contributed by atoms with Crippen LogP contribution in [0.1, 0.15) is 19.4 Å². The van der Waals surface area contributed by atoms with Crippen molar-refractivity contribution >= 4 is 23.2 Å². The molecule has 0 aromatic heterocycles. The average molecular weight is 218 g/mol. The number of nitrogens with zero attached hydrogens (tertiary/aromatic N) is 1. The third-order valence-electron chi connectivity index (χ3n) is 2.68. The summed E-state index contributed by atoms with van der Waals surface area (Å²) in [5.41, 5.74) is 2.81. The molecular weight excluding hydrogens is 204 g/mol. The van der Waals surface area contributed by atoms with Gasteiger partial charge in [-0.3, -0.25) is 9.59 Å². The van der Waals surface area contributed by atoms with E-state index in [0.717, 1.165) is 29.9 Å². The van der Waals surface area contributed by atoms with E-state index in [0.29, 0.717) is 0 Å². The van der Waals surface area contributed by atoms with Crippen molar-refractivity contribution in [2.45, 2.75) is 20.3 Å². The molecular formula is C12H14N2O2. The van der Waals surface area contributed by atoms with Gasteiger partial charge in [0.2, 0.25) is 11.8 Å². The smallest absolute Gasteiger partial charge is 0.223 e. The molecule has 0 saturated carbocycles. The first-order valence-corrected chi connectivity index (χ1v) is 5.26. The molecule has 2 rings (SSSR count). The highest BCUT2D eigenvalue weighted by Gasteiger charge is 2.22. The lowest BCUT2D eigenvalue weighted by molar-refractivity contribution is -0.116. The van der Waals surface area contributed by atoms with Crippen molar-refractivity contribution < 1.29 is 9.59 Å². The molecule has 0 radical (unpaired) electrons. The van der Waals surface area contributed by atoms with E-state index in [1.807, 2.05) is 18.2 Å². The fraction of sp³-hybridized carbons (Fsp3) is 0.333. The van der Waals surface area contributed by atoms with Gasteiger partial charge in [0.1, 0.15) is 0 Å². The minimum absolute atomic E-state index is 0.0405. The molecule has 4 heteroatoms. The summed E-state index contributed by atoms with van der Waals surface area (Å²) in [6.45, 7) is 3.75. The molecule has 1 aliphatic rings. The molecule has 1 aromatic carbocycles. The molecule has 0 spiro atoms. The fourth-order valence-corrected chi connectivity index (χ4v) is 1.99. The molecule has 0 bridgehead atoms. The Hall–Kier alpha value is -1.84. The second-order valence-corrected chi connectivity index (χ2v) is 3.95. The zero-order chi connectivity index (χ0) is 11.7. The van der Waals surface area contributed by atoms with Crippen molar-refractivity contribution in [1.29, 1.82) is 0 Å². The first-order valence-electron chi connectivity index (χ1n) is 5.26. The van der Waals surface area contributed by atoms with E-state index in [9.17, 15) is 9.59 Å². The zero-order valence-corrected chi connectivity index (χ0v) is 9.41. The van der Waals surface area contributed by atoms with Crippen molar-refractivity contribution in [1.82, 2.24) is 0 Å². The zero-order valence-electron chi connectivity index (χ0n) is 9.41. The van der Waals surface area contributed by atoms with Crippen molar-refractivity contribution in [2.75, 3.05) is 16.8 Å². The Morgan fingerprint density at radius 3 is 2.69 bits per heavy atom. The van der Waals surface area contributed by atoms with Gasteiger partial charge >= 0.3 is 0 Å². The molecule has 0 fully saturated rings. The Bertz CT molecular complexity index is 454. The lowest BCUT2D eigenvalue weighted by Gasteiger charge is -2.15. The monoisotopic (exact) mass is 218 g/mol. The Morgan fingerprint density at radius 1 is 1.31 bits per heavy atom. The maximum atomic E-state index is 11.4. The predicted octanol–water partition coefficient (Wildman–Crippen LogP) is 1.55. The van der Waals surface area contributed by atoms with Crippen LogP contribution in [0.2, 0.25) is 0 Å². The number of rotatable bonds is 1. The predicted molar refractivity (Wildman–Crippen MR) is 62.5 cm³/mol. The Balaban J connectivity index is 2.33. The lowest BCUT2D eigenvalue weighted by Crippen LogP contribution is -2.25. The number of nitrogens with one attached hydrogen (secondary N) is 1. The van der Waals surface area contributed by atoms with Gasteiger partial charge in [-0.1, -0.05) is 6.07 Å². The summed E-state index contributed by atoms with van der Waals surface area (Å²) < 4.78 is 0. The standard InChI is InChI=1S/C12H14N2O2/c1-8(15)13-11-4-3-10-5-6-14(9(2)16)12(10)7-11/h3-4,7H,5-6H2,1-2H3,(H,13,15). The molecule has 4 nitrogen and oxygen atoms in total. The number of fused-ring (bicyclic) bond motifs is 1. The van der Waals surface area contributed by atoms with Gasteiger partial charge < -0.3 is 10.2 Å². The van der Waals surface area contributed by atoms with Crippen molar-refractivity contribution in [3.63, 3.8) is 0 Å². The minimum atomic E-state index is -0.104. The molecule has 2 amide bonds. The fourth-order valence-electron chi connectivity index (χ4n) is 1.99. The SMILES string of the molecule is CC(=O)Nc1ccc2c(c1)N(C(C)=O)CC2. The number of benzene rings is 1.